The highest BCUT2D eigenvalue weighted by Gasteiger charge is 2.28. The van der Waals surface area contributed by atoms with Crippen LogP contribution >= 0.6 is 0 Å². The first kappa shape index (κ1) is 21.9. The number of fused-ring (bicyclic) bond motifs is 1. The van der Waals surface area contributed by atoms with Crippen LogP contribution in [0.2, 0.25) is 0 Å². The first-order valence-corrected chi connectivity index (χ1v) is 10.5. The molecule has 0 unspecified atom stereocenters. The number of benzene rings is 1. The Bertz CT molecular complexity index is 1150. The molecule has 1 saturated heterocycles. The normalized spacial score (nSPS) is 14.8. The van der Waals surface area contributed by atoms with Gasteiger partial charge >= 0.3 is 0 Å². The number of halogens is 2. The summed E-state index contributed by atoms with van der Waals surface area (Å²) in [4.78, 5) is 19.3. The van der Waals surface area contributed by atoms with Gasteiger partial charge in [0.1, 0.15) is 5.75 Å². The highest BCUT2D eigenvalue weighted by Crippen LogP contribution is 2.35. The molecule has 0 N–H and O–H groups in total. The minimum Gasteiger partial charge on any atom is -0.496 e. The van der Waals surface area contributed by atoms with Gasteiger partial charge in [0, 0.05) is 35.8 Å². The summed E-state index contributed by atoms with van der Waals surface area (Å²) < 4.78 is 37.8. The number of hydrogen-bond donors (Lipinski definition) is 0. The third kappa shape index (κ3) is 4.09. The summed E-state index contributed by atoms with van der Waals surface area (Å²) in [5.41, 5.74) is 2.51. The molecule has 3 aromatic rings. The Labute approximate surface area is 184 Å². The van der Waals surface area contributed by atoms with Crippen molar-refractivity contribution in [1.82, 2.24) is 15.0 Å². The Balaban J connectivity index is 1.50. The lowest BCUT2D eigenvalue weighted by Crippen LogP contribution is -2.38. The van der Waals surface area contributed by atoms with Gasteiger partial charge in [-0.25, -0.2) is 13.8 Å². The molecule has 1 aliphatic heterocycles. The summed E-state index contributed by atoms with van der Waals surface area (Å²) in [6.45, 7) is 6.42. The number of pyridine rings is 1. The van der Waals surface area contributed by atoms with Crippen molar-refractivity contribution in [3.05, 3.63) is 65.0 Å². The maximum absolute atomic E-state index is 13.6. The van der Waals surface area contributed by atoms with E-state index in [1.807, 2.05) is 6.07 Å². The molecule has 8 heteroatoms. The summed E-state index contributed by atoms with van der Waals surface area (Å²) >= 11 is 0. The number of carbonyl (C=O) groups excluding carboxylic acids is 1. The number of allylic oxidation sites excluding steroid dienone is 1. The molecule has 32 heavy (non-hydrogen) atoms. The molecule has 0 spiro atoms. The van der Waals surface area contributed by atoms with Gasteiger partial charge in [0.25, 0.3) is 18.0 Å². The monoisotopic (exact) mass is 441 g/mol. The lowest BCUT2D eigenvalue weighted by Gasteiger charge is -2.32. The van der Waals surface area contributed by atoms with E-state index < -0.39 is 6.43 Å². The maximum Gasteiger partial charge on any atom is 0.264 e. The molecule has 1 amide bonds. The average Bonchev–Trinajstić information content (AvgIpc) is 3.19. The van der Waals surface area contributed by atoms with Crippen molar-refractivity contribution in [1.29, 1.82) is 0 Å². The molecule has 1 aromatic carbocycles. The predicted molar refractivity (Wildman–Crippen MR) is 116 cm³/mol. The van der Waals surface area contributed by atoms with Gasteiger partial charge in [0.05, 0.1) is 18.2 Å². The molecular weight excluding hydrogens is 416 g/mol. The zero-order valence-corrected chi connectivity index (χ0v) is 18.1. The lowest BCUT2D eigenvalue weighted by molar-refractivity contribution is 0.0712. The molecule has 2 aromatic heterocycles. The van der Waals surface area contributed by atoms with Crippen molar-refractivity contribution in [2.24, 2.45) is 0 Å². The zero-order chi connectivity index (χ0) is 22.8. The molecule has 0 aliphatic carbocycles. The van der Waals surface area contributed by atoms with Crippen molar-refractivity contribution in [2.45, 2.75) is 38.5 Å². The molecule has 0 bridgehead atoms. The van der Waals surface area contributed by atoms with Crippen LogP contribution in [0.25, 0.3) is 11.1 Å². The van der Waals surface area contributed by atoms with Crippen molar-refractivity contribution in [3.63, 3.8) is 0 Å². The lowest BCUT2D eigenvalue weighted by atomic mass is 9.91. The number of aromatic nitrogens is 2. The number of ether oxygens (including phenoxy) is 1. The number of carbonyl (C=O) groups is 1. The van der Waals surface area contributed by atoms with E-state index in [1.54, 1.807) is 37.1 Å². The van der Waals surface area contributed by atoms with E-state index in [2.05, 4.69) is 16.7 Å². The zero-order valence-electron chi connectivity index (χ0n) is 18.1. The van der Waals surface area contributed by atoms with E-state index in [9.17, 15) is 13.6 Å². The van der Waals surface area contributed by atoms with Gasteiger partial charge in [-0.05, 0) is 56.0 Å². The van der Waals surface area contributed by atoms with Crippen LogP contribution in [0.15, 0.2) is 41.4 Å². The third-order valence-electron chi connectivity index (χ3n) is 5.99. The second kappa shape index (κ2) is 9.06. The van der Waals surface area contributed by atoms with Crippen molar-refractivity contribution in [2.75, 3.05) is 20.2 Å². The van der Waals surface area contributed by atoms with Gasteiger partial charge in [0.15, 0.2) is 0 Å². The number of hydrogen-bond acceptors (Lipinski definition) is 5. The number of aryl methyl sites for hydroxylation is 1. The molecule has 0 atom stereocenters. The molecule has 4 rings (SSSR count). The highest BCUT2D eigenvalue weighted by atomic mass is 19.3. The number of amides is 1. The molecule has 1 aliphatic rings. The topological polar surface area (TPSA) is 68.5 Å². The second-order valence-corrected chi connectivity index (χ2v) is 7.97. The van der Waals surface area contributed by atoms with Gasteiger partial charge in [-0.2, -0.15) is 0 Å². The second-order valence-electron chi connectivity index (χ2n) is 7.97. The Kier molecular flexibility index (Phi) is 6.21. The van der Waals surface area contributed by atoms with Crippen molar-refractivity contribution in [3.8, 4) is 5.75 Å². The number of rotatable bonds is 6. The third-order valence-corrected chi connectivity index (χ3v) is 5.99. The number of nitrogens with zero attached hydrogens (tertiary/aromatic N) is 3. The quantitative estimate of drug-likeness (QED) is 0.490. The minimum absolute atomic E-state index is 0.0291. The van der Waals surface area contributed by atoms with Crippen molar-refractivity contribution < 1.29 is 22.8 Å². The molecule has 0 saturated carbocycles. The first-order chi connectivity index (χ1) is 15.4. The molecule has 168 valence electrons. The number of methoxy groups -OCH3 is 1. The summed E-state index contributed by atoms with van der Waals surface area (Å²) in [5, 5.41) is 4.07. The van der Waals surface area contributed by atoms with Gasteiger partial charge in [-0.1, -0.05) is 11.2 Å². The molecular formula is C24H25F2N3O3. The van der Waals surface area contributed by atoms with Crippen LogP contribution in [-0.4, -0.2) is 41.1 Å². The van der Waals surface area contributed by atoms with Gasteiger partial charge in [0.2, 0.25) is 0 Å². The van der Waals surface area contributed by atoms with Crippen LogP contribution in [-0.2, 0) is 6.42 Å². The number of likely N-dealkylation sites (tertiary alicyclic amines) is 1. The van der Waals surface area contributed by atoms with Gasteiger partial charge in [-0.3, -0.25) is 4.79 Å². The van der Waals surface area contributed by atoms with Gasteiger partial charge < -0.3 is 14.2 Å². The maximum atomic E-state index is 13.6. The summed E-state index contributed by atoms with van der Waals surface area (Å²) in [6, 6.07) is 6.86. The number of piperidine rings is 1. The highest BCUT2D eigenvalue weighted by molar-refractivity contribution is 5.94. The summed E-state index contributed by atoms with van der Waals surface area (Å²) in [6.07, 6.45) is 1.00. The number of alkyl halides is 2. The average molecular weight is 441 g/mol. The van der Waals surface area contributed by atoms with E-state index in [0.29, 0.717) is 49.3 Å². The largest absolute Gasteiger partial charge is 0.496 e. The van der Waals surface area contributed by atoms with Crippen molar-refractivity contribution >= 4 is 17.0 Å². The van der Waals surface area contributed by atoms with Gasteiger partial charge in [-0.15, -0.1) is 6.58 Å². The predicted octanol–water partition coefficient (Wildman–Crippen LogP) is 5.23. The molecule has 1 fully saturated rings. The molecule has 6 nitrogen and oxygen atoms in total. The molecule has 3 heterocycles. The SMILES string of the molecule is C=CCc1cc(C(=O)N2CCC(c3cc(C(F)F)c4c(C)noc4n3)CC2)ccc1OC. The van der Waals surface area contributed by atoms with E-state index in [1.165, 1.54) is 6.07 Å². The summed E-state index contributed by atoms with van der Waals surface area (Å²) in [7, 11) is 1.60. The fourth-order valence-electron chi connectivity index (χ4n) is 4.32. The fraction of sp³-hybridized carbons (Fsp3) is 0.375. The smallest absolute Gasteiger partial charge is 0.264 e. The van der Waals surface area contributed by atoms with E-state index in [0.717, 1.165) is 11.3 Å². The molecule has 0 radical (unpaired) electrons. The summed E-state index contributed by atoms with van der Waals surface area (Å²) in [5.74, 6) is 0.636. The minimum atomic E-state index is -2.64. The van der Waals surface area contributed by atoms with Crippen LogP contribution in [0.5, 0.6) is 5.75 Å². The van der Waals surface area contributed by atoms with E-state index >= 15 is 0 Å². The van der Waals surface area contributed by atoms with Crippen LogP contribution in [0.4, 0.5) is 8.78 Å². The van der Waals surface area contributed by atoms with Crippen LogP contribution in [0, 0.1) is 6.92 Å². The van der Waals surface area contributed by atoms with Crippen LogP contribution in [0.3, 0.4) is 0 Å². The van der Waals surface area contributed by atoms with Crippen LogP contribution in [0.1, 0.15) is 58.1 Å². The Morgan fingerprint density at radius 2 is 2.09 bits per heavy atom. The van der Waals surface area contributed by atoms with E-state index in [4.69, 9.17) is 9.26 Å². The fourth-order valence-corrected chi connectivity index (χ4v) is 4.32. The Hall–Kier alpha value is -3.29. The Morgan fingerprint density at radius 1 is 1.34 bits per heavy atom. The Morgan fingerprint density at radius 3 is 2.75 bits per heavy atom. The first-order valence-electron chi connectivity index (χ1n) is 10.5. The van der Waals surface area contributed by atoms with Crippen LogP contribution < -0.4 is 4.74 Å². The standard InChI is InChI=1S/C24H25F2N3O3/c1-4-5-16-12-17(6-7-20(16)31-3)24(30)29-10-8-15(9-11-29)19-13-18(22(25)26)21-14(2)28-32-23(21)27-19/h4,6-7,12-13,15,22H,1,5,8-11H2,2-3H3. The van der Waals surface area contributed by atoms with E-state index in [-0.39, 0.29) is 28.5 Å².